The summed E-state index contributed by atoms with van der Waals surface area (Å²) in [6.45, 7) is -0.526. The lowest BCUT2D eigenvalue weighted by atomic mass is 10.0. The predicted octanol–water partition coefficient (Wildman–Crippen LogP) is 3.11. The SMILES string of the molecule is CN(C)c1ccc(NC(=O)COC(=O)c2cc(O)c3ccccc3c2O)cc1. The summed E-state index contributed by atoms with van der Waals surface area (Å²) >= 11 is 0. The molecule has 0 atom stereocenters. The van der Waals surface area contributed by atoms with Gasteiger partial charge in [-0.15, -0.1) is 0 Å². The van der Waals surface area contributed by atoms with Gasteiger partial charge >= 0.3 is 5.97 Å². The van der Waals surface area contributed by atoms with Crippen molar-refractivity contribution in [1.29, 1.82) is 0 Å². The van der Waals surface area contributed by atoms with E-state index in [-0.39, 0.29) is 17.1 Å². The van der Waals surface area contributed by atoms with Gasteiger partial charge in [-0.2, -0.15) is 0 Å². The number of phenolic OH excluding ortho intramolecular Hbond substituents is 2. The molecule has 0 spiro atoms. The van der Waals surface area contributed by atoms with Gasteiger partial charge in [0.1, 0.15) is 17.1 Å². The van der Waals surface area contributed by atoms with E-state index in [9.17, 15) is 19.8 Å². The first kappa shape index (κ1) is 19.0. The van der Waals surface area contributed by atoms with Crippen molar-refractivity contribution in [3.8, 4) is 11.5 Å². The van der Waals surface area contributed by atoms with Crippen LogP contribution in [0.2, 0.25) is 0 Å². The van der Waals surface area contributed by atoms with Gasteiger partial charge in [0.05, 0.1) is 0 Å². The average Bonchev–Trinajstić information content (AvgIpc) is 2.69. The molecule has 3 aromatic rings. The van der Waals surface area contributed by atoms with Gasteiger partial charge in [-0.25, -0.2) is 4.79 Å². The number of ether oxygens (including phenoxy) is 1. The number of fused-ring (bicyclic) bond motifs is 1. The number of carbonyl (C=O) groups is 2. The Hall–Kier alpha value is -3.74. The van der Waals surface area contributed by atoms with Gasteiger partial charge in [0.2, 0.25) is 0 Å². The maximum Gasteiger partial charge on any atom is 0.342 e. The second kappa shape index (κ2) is 7.87. The smallest absolute Gasteiger partial charge is 0.342 e. The molecule has 0 aromatic heterocycles. The fourth-order valence-corrected chi connectivity index (χ4v) is 2.75. The number of esters is 1. The lowest BCUT2D eigenvalue weighted by Crippen LogP contribution is -2.21. The number of anilines is 2. The maximum atomic E-state index is 12.3. The van der Waals surface area contributed by atoms with Crippen molar-refractivity contribution in [3.05, 3.63) is 60.2 Å². The zero-order chi connectivity index (χ0) is 20.3. The zero-order valence-electron chi connectivity index (χ0n) is 15.5. The Kier molecular flexibility index (Phi) is 5.35. The van der Waals surface area contributed by atoms with Gasteiger partial charge in [-0.05, 0) is 30.3 Å². The van der Waals surface area contributed by atoms with Crippen LogP contribution in [0.1, 0.15) is 10.4 Å². The zero-order valence-corrected chi connectivity index (χ0v) is 15.5. The number of rotatable bonds is 5. The van der Waals surface area contributed by atoms with Crippen molar-refractivity contribution in [2.45, 2.75) is 0 Å². The summed E-state index contributed by atoms with van der Waals surface area (Å²) < 4.78 is 4.98. The van der Waals surface area contributed by atoms with Crippen molar-refractivity contribution in [3.63, 3.8) is 0 Å². The first-order valence-electron chi connectivity index (χ1n) is 8.55. The minimum atomic E-state index is -0.906. The molecule has 3 N–H and O–H groups in total. The molecular formula is C21H20N2O5. The van der Waals surface area contributed by atoms with Crippen LogP contribution in [0.3, 0.4) is 0 Å². The van der Waals surface area contributed by atoms with Gasteiger partial charge in [-0.3, -0.25) is 4.79 Å². The van der Waals surface area contributed by atoms with Crippen molar-refractivity contribution < 1.29 is 24.5 Å². The largest absolute Gasteiger partial charge is 0.507 e. The molecule has 0 aliphatic rings. The molecule has 28 heavy (non-hydrogen) atoms. The van der Waals surface area contributed by atoms with Crippen LogP contribution in [-0.2, 0) is 9.53 Å². The fraction of sp³-hybridized carbons (Fsp3) is 0.143. The monoisotopic (exact) mass is 380 g/mol. The molecule has 144 valence electrons. The van der Waals surface area contributed by atoms with E-state index in [4.69, 9.17) is 4.74 Å². The number of aromatic hydroxyl groups is 2. The molecule has 7 nitrogen and oxygen atoms in total. The van der Waals surface area contributed by atoms with E-state index >= 15 is 0 Å². The van der Waals surface area contributed by atoms with E-state index in [0.717, 1.165) is 11.8 Å². The van der Waals surface area contributed by atoms with Crippen molar-refractivity contribution in [2.75, 3.05) is 30.9 Å². The Morgan fingerprint density at radius 2 is 1.64 bits per heavy atom. The molecule has 7 heteroatoms. The normalized spacial score (nSPS) is 10.5. The van der Waals surface area contributed by atoms with Crippen LogP contribution in [-0.4, -0.2) is 42.8 Å². The maximum absolute atomic E-state index is 12.3. The summed E-state index contributed by atoms with van der Waals surface area (Å²) in [5.74, 6) is -1.89. The predicted molar refractivity (Wildman–Crippen MR) is 107 cm³/mol. The van der Waals surface area contributed by atoms with E-state index in [2.05, 4.69) is 5.32 Å². The first-order chi connectivity index (χ1) is 13.4. The standard InChI is InChI=1S/C21H20N2O5/c1-23(2)14-9-7-13(8-10-14)22-19(25)12-28-21(27)17-11-18(24)15-5-3-4-6-16(15)20(17)26/h3-11,24,26H,12H2,1-2H3,(H,22,25). The lowest BCUT2D eigenvalue weighted by Gasteiger charge is -2.13. The summed E-state index contributed by atoms with van der Waals surface area (Å²) in [7, 11) is 3.82. The van der Waals surface area contributed by atoms with Gasteiger partial charge in [-0.1, -0.05) is 24.3 Å². The third kappa shape index (κ3) is 3.98. The Labute approximate surface area is 161 Å². The molecule has 0 unspecified atom stereocenters. The fourth-order valence-electron chi connectivity index (χ4n) is 2.75. The van der Waals surface area contributed by atoms with Crippen LogP contribution in [0.25, 0.3) is 10.8 Å². The number of nitrogens with one attached hydrogen (secondary N) is 1. The quantitative estimate of drug-likeness (QED) is 0.465. The van der Waals surface area contributed by atoms with Crippen molar-refractivity contribution >= 4 is 34.0 Å². The first-order valence-corrected chi connectivity index (χ1v) is 8.55. The van der Waals surface area contributed by atoms with E-state index in [0.29, 0.717) is 16.5 Å². The molecule has 0 saturated heterocycles. The number of hydrogen-bond acceptors (Lipinski definition) is 6. The molecule has 0 bridgehead atoms. The Balaban J connectivity index is 1.66. The molecule has 0 aliphatic heterocycles. The molecule has 0 heterocycles. The number of amides is 1. The highest BCUT2D eigenvalue weighted by Crippen LogP contribution is 2.35. The second-order valence-corrected chi connectivity index (χ2v) is 6.40. The average molecular weight is 380 g/mol. The highest BCUT2D eigenvalue weighted by atomic mass is 16.5. The molecular weight excluding hydrogens is 360 g/mol. The van der Waals surface area contributed by atoms with E-state index < -0.39 is 18.5 Å². The second-order valence-electron chi connectivity index (χ2n) is 6.40. The Bertz CT molecular complexity index is 1030. The molecule has 0 fully saturated rings. The molecule has 0 aliphatic carbocycles. The number of carbonyl (C=O) groups excluding carboxylic acids is 2. The molecule has 0 saturated carbocycles. The van der Waals surface area contributed by atoms with Crippen LogP contribution in [0.5, 0.6) is 11.5 Å². The molecule has 0 radical (unpaired) electrons. The highest BCUT2D eigenvalue weighted by Gasteiger charge is 2.19. The number of benzene rings is 3. The third-order valence-electron chi connectivity index (χ3n) is 4.22. The van der Waals surface area contributed by atoms with Crippen molar-refractivity contribution in [2.24, 2.45) is 0 Å². The molecule has 1 amide bonds. The Morgan fingerprint density at radius 3 is 2.29 bits per heavy atom. The molecule has 3 rings (SSSR count). The van der Waals surface area contributed by atoms with Gasteiger partial charge in [0.15, 0.2) is 6.61 Å². The lowest BCUT2D eigenvalue weighted by molar-refractivity contribution is -0.119. The van der Waals surface area contributed by atoms with Gasteiger partial charge < -0.3 is 25.2 Å². The molecule has 3 aromatic carbocycles. The van der Waals surface area contributed by atoms with E-state index in [1.807, 2.05) is 31.1 Å². The number of phenols is 2. The van der Waals surface area contributed by atoms with Crippen LogP contribution in [0, 0.1) is 0 Å². The minimum absolute atomic E-state index is 0.161. The van der Waals surface area contributed by atoms with Gasteiger partial charge in [0, 0.05) is 36.2 Å². The van der Waals surface area contributed by atoms with Crippen LogP contribution < -0.4 is 10.2 Å². The van der Waals surface area contributed by atoms with E-state index in [1.54, 1.807) is 36.4 Å². The summed E-state index contributed by atoms with van der Waals surface area (Å²) in [6, 6.07) is 14.9. The summed E-state index contributed by atoms with van der Waals surface area (Å²) in [5.41, 5.74) is 1.34. The summed E-state index contributed by atoms with van der Waals surface area (Å²) in [4.78, 5) is 26.2. The topological polar surface area (TPSA) is 99.1 Å². The minimum Gasteiger partial charge on any atom is -0.507 e. The highest BCUT2D eigenvalue weighted by molar-refractivity contribution is 6.04. The van der Waals surface area contributed by atoms with Gasteiger partial charge in [0.25, 0.3) is 5.91 Å². The van der Waals surface area contributed by atoms with Crippen LogP contribution in [0.15, 0.2) is 54.6 Å². The Morgan fingerprint density at radius 1 is 1.00 bits per heavy atom. The van der Waals surface area contributed by atoms with Crippen LogP contribution >= 0.6 is 0 Å². The summed E-state index contributed by atoms with van der Waals surface area (Å²) in [6.07, 6.45) is 0. The van der Waals surface area contributed by atoms with E-state index in [1.165, 1.54) is 0 Å². The number of hydrogen-bond donors (Lipinski definition) is 3. The third-order valence-corrected chi connectivity index (χ3v) is 4.22. The summed E-state index contributed by atoms with van der Waals surface area (Å²) in [5, 5.41) is 23.7. The number of nitrogens with zero attached hydrogens (tertiary/aromatic N) is 1. The van der Waals surface area contributed by atoms with Crippen LogP contribution in [0.4, 0.5) is 11.4 Å². The van der Waals surface area contributed by atoms with Crippen molar-refractivity contribution in [1.82, 2.24) is 0 Å².